The first-order chi connectivity index (χ1) is 56.6. The lowest BCUT2D eigenvalue weighted by atomic mass is 10.0. The van der Waals surface area contributed by atoms with E-state index in [-0.39, 0.29) is 89.9 Å². The first kappa shape index (κ1) is 114. The number of hydrogen-bond acceptors (Lipinski definition) is 18. The van der Waals surface area contributed by atoms with Crippen molar-refractivity contribution in [2.24, 2.45) is 0 Å². The lowest BCUT2D eigenvalue weighted by Crippen LogP contribution is -2.30. The molecule has 0 saturated heterocycles. The number of unbranched alkanes of at least 4 members (excludes halogenated alkanes) is 58. The van der Waals surface area contributed by atoms with Crippen LogP contribution in [0, 0.1) is 0 Å². The topological polar surface area (TPSA) is 275 Å². The third-order valence-corrected chi connectivity index (χ3v) is 26.0. The molecule has 0 rings (SSSR count). The lowest BCUT2D eigenvalue weighted by Gasteiger charge is -2.20. The number of nitrogens with one attached hydrogen (secondary N) is 2. The molecule has 116 heavy (non-hydrogen) atoms. The van der Waals surface area contributed by atoms with Crippen LogP contribution in [0.4, 0.5) is 0 Å². The van der Waals surface area contributed by atoms with Gasteiger partial charge in [0.1, 0.15) is 13.2 Å². The molecule has 2 unspecified atom stereocenters. The summed E-state index contributed by atoms with van der Waals surface area (Å²) in [5.41, 5.74) is 0. The number of hydrogen-bond donors (Lipinski definition) is 4. The summed E-state index contributed by atoms with van der Waals surface area (Å²) in [7, 11) is -5.90. The zero-order chi connectivity index (χ0) is 84.7. The van der Waals surface area contributed by atoms with Crippen LogP contribution in [0.1, 0.15) is 477 Å². The molecule has 0 aromatic heterocycles. The third kappa shape index (κ3) is 88.1. The van der Waals surface area contributed by atoms with Crippen LogP contribution in [0.3, 0.4) is 0 Å². The Bertz CT molecular complexity index is 2160. The zero-order valence-corrected chi connectivity index (χ0v) is 78.3. The molecule has 4 N–H and O–H groups in total. The van der Waals surface area contributed by atoms with E-state index in [4.69, 9.17) is 37.0 Å². The highest BCUT2D eigenvalue weighted by atomic mass is 33.1. The standard InChI is InChI=1S/C92H178N2O18P2S2/c1-5-9-13-17-21-25-29-33-37-41-45-49-53-57-61-71-89(97)105-81-85(111-91(99)73-63-59-55-51-47-43-39-35-31-27-23-19-15-11-7-3)83-109-113(101,102)107-77-75-93-87(95)69-65-67-79-115-116-80-68-66-70-88(96)94-76-78-108-114(103,104)110-84-86(112-92(100)74-64-60-56-52-48-44-40-36-32-28-24-20-16-12-8-4)82-106-90(98)72-62-58-54-50-46-42-38-34-30-26-22-18-14-10-6-2/h85-86H,5-84H2,1-4H3,(H,93,95)(H,94,96)(H,101,102)(H,103,104)/t85-,86-/m1/s1. The third-order valence-electron chi connectivity index (χ3n) is 21.4. The SMILES string of the molecule is CCCCCCCCCCCCCCCCCC(=O)OC[C@H](COP(=O)(O)OCCNC(=O)CCCCSSCCCCC(=O)NCCOP(=O)(O)OC[C@@H](COC(=O)CCCCCCCCCCCCCCCCC)OC(=O)CCCCCCCCCCCCCCCCC)OC(=O)CCCCCCCCCCCCCCCCC. The Kier molecular flexibility index (Phi) is 87.3. The molecule has 4 atom stereocenters. The summed E-state index contributed by atoms with van der Waals surface area (Å²) in [5.74, 6) is -0.652. The van der Waals surface area contributed by atoms with Crippen LogP contribution >= 0.6 is 37.2 Å². The van der Waals surface area contributed by atoms with Crippen LogP contribution in [-0.2, 0) is 74.9 Å². The van der Waals surface area contributed by atoms with Crippen molar-refractivity contribution >= 4 is 72.9 Å². The number of carbonyl (C=O) groups is 6. The van der Waals surface area contributed by atoms with Crippen molar-refractivity contribution in [3.63, 3.8) is 0 Å². The van der Waals surface area contributed by atoms with Gasteiger partial charge in [-0.15, -0.1) is 0 Å². The molecule has 0 fully saturated rings. The summed E-state index contributed by atoms with van der Waals surface area (Å²) in [6, 6.07) is 0. The molecule has 0 spiro atoms. The van der Waals surface area contributed by atoms with Crippen LogP contribution in [0.5, 0.6) is 0 Å². The maximum absolute atomic E-state index is 13.0. The molecule has 2 amide bonds. The van der Waals surface area contributed by atoms with Crippen molar-refractivity contribution in [2.45, 2.75) is 489 Å². The van der Waals surface area contributed by atoms with Crippen LogP contribution in [-0.4, -0.2) is 122 Å². The van der Waals surface area contributed by atoms with Crippen molar-refractivity contribution < 1.29 is 84.7 Å². The monoisotopic (exact) mass is 1730 g/mol. The normalized spacial score (nSPS) is 13.1. The van der Waals surface area contributed by atoms with Gasteiger partial charge in [0.25, 0.3) is 0 Å². The van der Waals surface area contributed by atoms with Crippen molar-refractivity contribution in [2.75, 3.05) is 64.2 Å². The summed E-state index contributed by atoms with van der Waals surface area (Å²) in [5, 5.41) is 5.41. The number of carbonyl (C=O) groups excluding carboxylic acids is 6. The average Bonchev–Trinajstić information content (AvgIpc) is 0.911. The van der Waals surface area contributed by atoms with Gasteiger partial charge in [0.05, 0.1) is 26.4 Å². The predicted octanol–water partition coefficient (Wildman–Crippen LogP) is 27.2. The van der Waals surface area contributed by atoms with Crippen molar-refractivity contribution in [3.05, 3.63) is 0 Å². The van der Waals surface area contributed by atoms with Crippen molar-refractivity contribution in [3.8, 4) is 0 Å². The van der Waals surface area contributed by atoms with Gasteiger partial charge in [0.15, 0.2) is 12.2 Å². The maximum atomic E-state index is 13.0. The first-order valence-corrected chi connectivity index (χ1v) is 53.8. The number of phosphoric ester groups is 2. The molecular weight excluding hydrogens is 1550 g/mol. The van der Waals surface area contributed by atoms with Crippen molar-refractivity contribution in [1.29, 1.82) is 0 Å². The molecule has 0 aliphatic heterocycles. The van der Waals surface area contributed by atoms with E-state index in [0.717, 1.165) is 101 Å². The van der Waals surface area contributed by atoms with E-state index >= 15 is 0 Å². The maximum Gasteiger partial charge on any atom is 0.472 e. The Morgan fingerprint density at radius 2 is 0.457 bits per heavy atom. The van der Waals surface area contributed by atoms with Crippen molar-refractivity contribution in [1.82, 2.24) is 10.6 Å². The number of ether oxygens (including phenoxy) is 4. The van der Waals surface area contributed by atoms with Gasteiger partial charge in [0, 0.05) is 63.1 Å². The fourth-order valence-electron chi connectivity index (χ4n) is 14.1. The molecule has 0 aliphatic carbocycles. The van der Waals surface area contributed by atoms with Gasteiger partial charge in [-0.3, -0.25) is 46.9 Å². The largest absolute Gasteiger partial charge is 0.472 e. The van der Waals surface area contributed by atoms with Gasteiger partial charge in [0.2, 0.25) is 11.8 Å². The van der Waals surface area contributed by atoms with Crippen LogP contribution in [0.25, 0.3) is 0 Å². The second kappa shape index (κ2) is 89.0. The smallest absolute Gasteiger partial charge is 0.462 e. The van der Waals surface area contributed by atoms with Gasteiger partial charge in [-0.25, -0.2) is 9.13 Å². The Hall–Kier alpha value is -2.26. The van der Waals surface area contributed by atoms with E-state index in [2.05, 4.69) is 38.3 Å². The number of esters is 4. The highest BCUT2D eigenvalue weighted by Gasteiger charge is 2.28. The first-order valence-electron chi connectivity index (χ1n) is 48.3. The zero-order valence-electron chi connectivity index (χ0n) is 74.9. The van der Waals surface area contributed by atoms with E-state index in [9.17, 15) is 47.7 Å². The van der Waals surface area contributed by atoms with Gasteiger partial charge >= 0.3 is 39.5 Å². The highest BCUT2D eigenvalue weighted by Crippen LogP contribution is 2.44. The molecule has 0 heterocycles. The van der Waals surface area contributed by atoms with Crippen LogP contribution < -0.4 is 10.6 Å². The molecule has 686 valence electrons. The van der Waals surface area contributed by atoms with Crippen LogP contribution in [0.15, 0.2) is 0 Å². The highest BCUT2D eigenvalue weighted by molar-refractivity contribution is 8.76. The minimum atomic E-state index is -4.64. The van der Waals surface area contributed by atoms with E-state index < -0.39 is 64.9 Å². The second-order valence-corrected chi connectivity index (χ2v) is 38.5. The Balaban J connectivity index is 4.71. The molecule has 0 bridgehead atoms. The van der Waals surface area contributed by atoms with Gasteiger partial charge in [-0.05, 0) is 51.4 Å². The second-order valence-electron chi connectivity index (χ2n) is 32.8. The number of phosphoric acid groups is 2. The van der Waals surface area contributed by atoms with E-state index in [1.165, 1.54) is 283 Å². The quantitative estimate of drug-likeness (QED) is 0.0145. The summed E-state index contributed by atoms with van der Waals surface area (Å²) in [6.45, 7) is 6.68. The lowest BCUT2D eigenvalue weighted by molar-refractivity contribution is -0.161. The molecular formula is C92H178N2O18P2S2. The molecule has 0 radical (unpaired) electrons. The molecule has 0 aromatic carbocycles. The summed E-state index contributed by atoms with van der Waals surface area (Å²) >= 11 is 0. The fourth-order valence-corrected chi connectivity index (χ4v) is 17.9. The molecule has 20 nitrogen and oxygen atoms in total. The Morgan fingerprint density at radius 3 is 0.681 bits per heavy atom. The Morgan fingerprint density at radius 1 is 0.259 bits per heavy atom. The Labute approximate surface area is 717 Å². The fraction of sp³-hybridized carbons (Fsp3) is 0.935. The van der Waals surface area contributed by atoms with Crippen LogP contribution in [0.2, 0.25) is 0 Å². The number of amides is 2. The molecule has 24 heteroatoms. The molecule has 0 saturated carbocycles. The minimum Gasteiger partial charge on any atom is -0.462 e. The summed E-state index contributed by atoms with van der Waals surface area (Å²) in [6.07, 6.45) is 74.7. The predicted molar refractivity (Wildman–Crippen MR) is 482 cm³/mol. The van der Waals surface area contributed by atoms with Gasteiger partial charge < -0.3 is 39.4 Å². The minimum absolute atomic E-state index is 0.0275. The molecule has 0 aromatic rings. The average molecular weight is 1730 g/mol. The summed E-state index contributed by atoms with van der Waals surface area (Å²) < 4.78 is 68.9. The number of rotatable bonds is 95. The van der Waals surface area contributed by atoms with Gasteiger partial charge in [-0.2, -0.15) is 0 Å². The summed E-state index contributed by atoms with van der Waals surface area (Å²) in [4.78, 5) is 97.8. The van der Waals surface area contributed by atoms with E-state index in [1.54, 1.807) is 21.6 Å². The molecule has 0 aliphatic rings. The van der Waals surface area contributed by atoms with Gasteiger partial charge in [-0.1, -0.05) is 409 Å². The van der Waals surface area contributed by atoms with E-state index in [0.29, 0.717) is 38.5 Å². The van der Waals surface area contributed by atoms with E-state index in [1.807, 2.05) is 0 Å².